The highest BCUT2D eigenvalue weighted by Gasteiger charge is 2.37. The molecule has 8 nitrogen and oxygen atoms in total. The van der Waals surface area contributed by atoms with Gasteiger partial charge in [-0.05, 0) is 43.2 Å². The molecule has 0 N–H and O–H groups in total. The van der Waals surface area contributed by atoms with E-state index in [9.17, 15) is 18.0 Å². The van der Waals surface area contributed by atoms with Crippen molar-refractivity contribution in [1.82, 2.24) is 9.21 Å². The number of hydrogen-bond donors (Lipinski definition) is 0. The lowest BCUT2D eigenvalue weighted by Crippen LogP contribution is -2.56. The van der Waals surface area contributed by atoms with E-state index in [0.29, 0.717) is 21.9 Å². The van der Waals surface area contributed by atoms with Crippen molar-refractivity contribution in [2.45, 2.75) is 31.8 Å². The first kappa shape index (κ1) is 22.3. The molecule has 2 aliphatic heterocycles. The molecule has 1 saturated heterocycles. The zero-order valence-electron chi connectivity index (χ0n) is 18.4. The van der Waals surface area contributed by atoms with Crippen molar-refractivity contribution < 1.29 is 22.7 Å². The van der Waals surface area contributed by atoms with E-state index in [1.807, 2.05) is 19.1 Å². The topological polar surface area (TPSA) is 87.2 Å². The summed E-state index contributed by atoms with van der Waals surface area (Å²) in [6.07, 6.45) is -0.823. The SMILES string of the molecule is CC(=O)N1CC(C(=O)N2CCN(S(=O)(=O)c3cc(C)ccc3C)CC2)Oc2ccccc21. The number of carbonyl (C=O) groups is 2. The van der Waals surface area contributed by atoms with Gasteiger partial charge in [-0.3, -0.25) is 9.59 Å². The van der Waals surface area contributed by atoms with Gasteiger partial charge < -0.3 is 14.5 Å². The predicted octanol–water partition coefficient (Wildman–Crippen LogP) is 1.95. The summed E-state index contributed by atoms with van der Waals surface area (Å²) in [5.74, 6) is 0.0842. The molecule has 2 amide bonds. The summed E-state index contributed by atoms with van der Waals surface area (Å²) in [5.41, 5.74) is 2.23. The zero-order chi connectivity index (χ0) is 23.0. The first-order valence-electron chi connectivity index (χ1n) is 10.6. The van der Waals surface area contributed by atoms with Crippen LogP contribution in [0.15, 0.2) is 47.4 Å². The maximum Gasteiger partial charge on any atom is 0.265 e. The van der Waals surface area contributed by atoms with E-state index < -0.39 is 16.1 Å². The number of ether oxygens (including phenoxy) is 1. The number of hydrogen-bond acceptors (Lipinski definition) is 5. The lowest BCUT2D eigenvalue weighted by atomic mass is 10.1. The number of fused-ring (bicyclic) bond motifs is 1. The minimum absolute atomic E-state index is 0.131. The van der Waals surface area contributed by atoms with Gasteiger partial charge >= 0.3 is 0 Å². The number of aryl methyl sites for hydroxylation is 2. The van der Waals surface area contributed by atoms with Crippen LogP contribution in [0, 0.1) is 13.8 Å². The third-order valence-electron chi connectivity index (χ3n) is 5.94. The third-order valence-corrected chi connectivity index (χ3v) is 7.98. The molecule has 2 aromatic rings. The molecule has 170 valence electrons. The minimum Gasteiger partial charge on any atom is -0.476 e. The summed E-state index contributed by atoms with van der Waals surface area (Å²) in [7, 11) is -3.64. The van der Waals surface area contributed by atoms with E-state index in [-0.39, 0.29) is 44.5 Å². The molecule has 0 bridgehead atoms. The molecule has 32 heavy (non-hydrogen) atoms. The van der Waals surface area contributed by atoms with Gasteiger partial charge in [0.1, 0.15) is 5.75 Å². The largest absolute Gasteiger partial charge is 0.476 e. The van der Waals surface area contributed by atoms with Gasteiger partial charge in [-0.15, -0.1) is 0 Å². The fourth-order valence-corrected chi connectivity index (χ4v) is 5.87. The number of sulfonamides is 1. The van der Waals surface area contributed by atoms with Gasteiger partial charge in [-0.25, -0.2) is 8.42 Å². The molecule has 0 aliphatic carbocycles. The Hall–Kier alpha value is -2.91. The molecule has 2 aliphatic rings. The van der Waals surface area contributed by atoms with Crippen molar-refractivity contribution in [2.75, 3.05) is 37.6 Å². The zero-order valence-corrected chi connectivity index (χ0v) is 19.3. The Morgan fingerprint density at radius 2 is 1.69 bits per heavy atom. The molecule has 0 aromatic heterocycles. The molecule has 2 heterocycles. The third kappa shape index (κ3) is 4.10. The predicted molar refractivity (Wildman–Crippen MR) is 120 cm³/mol. The molecule has 1 unspecified atom stereocenters. The number of para-hydroxylation sites is 2. The highest BCUT2D eigenvalue weighted by Crippen LogP contribution is 2.33. The van der Waals surface area contributed by atoms with Crippen molar-refractivity contribution >= 4 is 27.5 Å². The number of amides is 2. The molecule has 0 saturated carbocycles. The fourth-order valence-electron chi connectivity index (χ4n) is 4.14. The van der Waals surface area contributed by atoms with Gasteiger partial charge in [0.05, 0.1) is 17.1 Å². The molecule has 2 aromatic carbocycles. The van der Waals surface area contributed by atoms with E-state index in [2.05, 4.69) is 0 Å². The van der Waals surface area contributed by atoms with E-state index in [4.69, 9.17) is 4.74 Å². The molecular formula is C23H27N3O5S. The van der Waals surface area contributed by atoms with Crippen LogP contribution in [0.25, 0.3) is 0 Å². The Morgan fingerprint density at radius 3 is 2.38 bits per heavy atom. The molecule has 4 rings (SSSR count). The molecule has 9 heteroatoms. The fraction of sp³-hybridized carbons (Fsp3) is 0.391. The van der Waals surface area contributed by atoms with Gasteiger partial charge in [0, 0.05) is 33.1 Å². The Bertz CT molecular complexity index is 1160. The van der Waals surface area contributed by atoms with Crippen LogP contribution in [0.4, 0.5) is 5.69 Å². The lowest BCUT2D eigenvalue weighted by molar-refractivity contribution is -0.140. The number of anilines is 1. The lowest BCUT2D eigenvalue weighted by Gasteiger charge is -2.39. The van der Waals surface area contributed by atoms with Gasteiger partial charge in [0.2, 0.25) is 15.9 Å². The summed E-state index contributed by atoms with van der Waals surface area (Å²) >= 11 is 0. The van der Waals surface area contributed by atoms with Gasteiger partial charge in [-0.1, -0.05) is 24.3 Å². The van der Waals surface area contributed by atoms with Crippen LogP contribution in [0.5, 0.6) is 5.75 Å². The van der Waals surface area contributed by atoms with Crippen LogP contribution < -0.4 is 9.64 Å². The van der Waals surface area contributed by atoms with Gasteiger partial charge in [0.15, 0.2) is 6.10 Å². The Kier molecular flexibility index (Phi) is 5.96. The van der Waals surface area contributed by atoms with Crippen LogP contribution in [0.3, 0.4) is 0 Å². The van der Waals surface area contributed by atoms with Crippen LogP contribution in [-0.2, 0) is 19.6 Å². The number of nitrogens with zero attached hydrogens (tertiary/aromatic N) is 3. The second-order valence-corrected chi connectivity index (χ2v) is 10.1. The molecule has 1 fully saturated rings. The minimum atomic E-state index is -3.64. The standard InChI is InChI=1S/C23H27N3O5S/c1-16-8-9-17(2)22(14-16)32(29,30)25-12-10-24(11-13-25)23(28)21-15-26(18(3)27)19-6-4-5-7-20(19)31-21/h4-9,14,21H,10-13,15H2,1-3H3. The van der Waals surface area contributed by atoms with Gasteiger partial charge in [0.25, 0.3) is 5.91 Å². The Balaban J connectivity index is 1.46. The number of carbonyl (C=O) groups excluding carboxylic acids is 2. The van der Waals surface area contributed by atoms with Crippen LogP contribution in [0.1, 0.15) is 18.1 Å². The van der Waals surface area contributed by atoms with Crippen molar-refractivity contribution in [1.29, 1.82) is 0 Å². The Morgan fingerprint density at radius 1 is 1.00 bits per heavy atom. The Labute approximate surface area is 188 Å². The van der Waals surface area contributed by atoms with Crippen molar-refractivity contribution in [2.24, 2.45) is 0 Å². The van der Waals surface area contributed by atoms with E-state index in [1.54, 1.807) is 47.1 Å². The molecule has 1 atom stereocenters. The summed E-state index contributed by atoms with van der Waals surface area (Å²) < 4.78 is 33.6. The van der Waals surface area contributed by atoms with E-state index in [1.165, 1.54) is 11.2 Å². The van der Waals surface area contributed by atoms with E-state index >= 15 is 0 Å². The maximum atomic E-state index is 13.2. The van der Waals surface area contributed by atoms with Crippen LogP contribution in [0.2, 0.25) is 0 Å². The molecule has 0 spiro atoms. The average molecular weight is 458 g/mol. The van der Waals surface area contributed by atoms with Crippen molar-refractivity contribution in [3.63, 3.8) is 0 Å². The normalized spacial score (nSPS) is 19.3. The highest BCUT2D eigenvalue weighted by atomic mass is 32.2. The number of rotatable bonds is 3. The van der Waals surface area contributed by atoms with Gasteiger partial charge in [-0.2, -0.15) is 4.31 Å². The van der Waals surface area contributed by atoms with Crippen molar-refractivity contribution in [3.05, 3.63) is 53.6 Å². The molecular weight excluding hydrogens is 430 g/mol. The number of piperazine rings is 1. The second-order valence-electron chi connectivity index (χ2n) is 8.20. The summed E-state index contributed by atoms with van der Waals surface area (Å²) in [4.78, 5) is 28.7. The quantitative estimate of drug-likeness (QED) is 0.703. The van der Waals surface area contributed by atoms with Crippen LogP contribution in [-0.4, -0.2) is 68.3 Å². The smallest absolute Gasteiger partial charge is 0.265 e. The average Bonchev–Trinajstić information content (AvgIpc) is 2.79. The van der Waals surface area contributed by atoms with Crippen LogP contribution >= 0.6 is 0 Å². The second kappa shape index (κ2) is 8.55. The first-order valence-corrected chi connectivity index (χ1v) is 12.0. The molecule has 0 radical (unpaired) electrons. The van der Waals surface area contributed by atoms with Crippen molar-refractivity contribution in [3.8, 4) is 5.75 Å². The maximum absolute atomic E-state index is 13.2. The van der Waals surface area contributed by atoms with E-state index in [0.717, 1.165) is 5.56 Å². The summed E-state index contributed by atoms with van der Waals surface area (Å²) in [6.45, 7) is 6.19. The summed E-state index contributed by atoms with van der Waals surface area (Å²) in [5, 5.41) is 0. The first-order chi connectivity index (χ1) is 15.2. The number of benzene rings is 2. The summed E-state index contributed by atoms with van der Waals surface area (Å²) in [6, 6.07) is 12.5. The monoisotopic (exact) mass is 457 g/mol. The highest BCUT2D eigenvalue weighted by molar-refractivity contribution is 7.89.